The topological polar surface area (TPSA) is 103 Å². The van der Waals surface area contributed by atoms with Gasteiger partial charge in [-0.3, -0.25) is 4.98 Å². The molecule has 5 rings (SSSR count). The lowest BCUT2D eigenvalue weighted by atomic mass is 9.99. The summed E-state index contributed by atoms with van der Waals surface area (Å²) in [4.78, 5) is 18.2. The van der Waals surface area contributed by atoms with Crippen LogP contribution in [0.4, 0.5) is 4.79 Å². The Morgan fingerprint density at radius 2 is 1.94 bits per heavy atom. The monoisotopic (exact) mass is 450 g/mol. The molecule has 2 aromatic carbocycles. The minimum atomic E-state index is -3.33. The van der Waals surface area contributed by atoms with Crippen LogP contribution in [0.1, 0.15) is 28.6 Å². The first-order valence-electron chi connectivity index (χ1n) is 10.2. The molecule has 9 heteroatoms. The molecule has 164 valence electrons. The van der Waals surface area contributed by atoms with E-state index in [0.717, 1.165) is 38.8 Å². The predicted molar refractivity (Wildman–Crippen MR) is 120 cm³/mol. The van der Waals surface area contributed by atoms with Crippen LogP contribution in [0.3, 0.4) is 0 Å². The molecule has 0 spiro atoms. The number of sulfone groups is 1. The Bertz CT molecular complexity index is 1510. The van der Waals surface area contributed by atoms with Gasteiger partial charge in [-0.15, -0.1) is 0 Å². The maximum Gasteiger partial charge on any atom is 0.343 e. The largest absolute Gasteiger partial charge is 0.374 e. The lowest BCUT2D eigenvalue weighted by Crippen LogP contribution is -2.37. The van der Waals surface area contributed by atoms with Gasteiger partial charge in [0.05, 0.1) is 40.9 Å². The number of amides is 1. The zero-order valence-corrected chi connectivity index (χ0v) is 18.7. The van der Waals surface area contributed by atoms with Gasteiger partial charge < -0.3 is 10.1 Å². The summed E-state index contributed by atoms with van der Waals surface area (Å²) in [6, 6.07) is 11.8. The van der Waals surface area contributed by atoms with Crippen molar-refractivity contribution in [1.82, 2.24) is 20.1 Å². The number of rotatable bonds is 2. The molecule has 4 aromatic rings. The molecule has 0 fully saturated rings. The molecule has 1 amide bonds. The zero-order chi connectivity index (χ0) is 22.6. The predicted octanol–water partition coefficient (Wildman–Crippen LogP) is 3.43. The number of para-hydroxylation sites is 1. The summed E-state index contributed by atoms with van der Waals surface area (Å²) in [5, 5.41) is 9.23. The van der Waals surface area contributed by atoms with Crippen LogP contribution >= 0.6 is 0 Å². The lowest BCUT2D eigenvalue weighted by molar-refractivity contribution is 0.0841. The summed E-state index contributed by atoms with van der Waals surface area (Å²) in [7, 11) is -3.33. The molecule has 1 aliphatic heterocycles. The van der Waals surface area contributed by atoms with E-state index in [1.807, 2.05) is 38.1 Å². The summed E-state index contributed by atoms with van der Waals surface area (Å²) in [6.07, 6.45) is 1.17. The van der Waals surface area contributed by atoms with E-state index in [1.165, 1.54) is 10.9 Å². The van der Waals surface area contributed by atoms with Crippen LogP contribution in [0.5, 0.6) is 0 Å². The average Bonchev–Trinajstić information content (AvgIpc) is 3.11. The highest BCUT2D eigenvalue weighted by Crippen LogP contribution is 2.30. The number of fused-ring (bicyclic) bond motifs is 4. The number of pyridine rings is 1. The Kier molecular flexibility index (Phi) is 4.75. The van der Waals surface area contributed by atoms with Crippen LogP contribution in [0.25, 0.3) is 21.8 Å². The maximum absolute atomic E-state index is 13.3. The summed E-state index contributed by atoms with van der Waals surface area (Å²) < 4.78 is 30.8. The van der Waals surface area contributed by atoms with E-state index < -0.39 is 15.9 Å². The van der Waals surface area contributed by atoms with E-state index in [1.54, 1.807) is 18.2 Å². The van der Waals surface area contributed by atoms with Crippen molar-refractivity contribution in [2.45, 2.75) is 31.4 Å². The van der Waals surface area contributed by atoms with Gasteiger partial charge in [0, 0.05) is 22.7 Å². The molecule has 0 unspecified atom stereocenters. The molecule has 0 radical (unpaired) electrons. The highest BCUT2D eigenvalue weighted by atomic mass is 32.2. The summed E-state index contributed by atoms with van der Waals surface area (Å²) in [5.41, 5.74) is 4.64. The van der Waals surface area contributed by atoms with Crippen LogP contribution < -0.4 is 5.32 Å². The standard InChI is InChI=1S/C23H22N4O4S/c1-13-21-14(2)26-27(22(21)18-6-4-5-7-19(18)24-13)23(28)25-20-12-31-11-15-10-16(32(3,29)30)8-9-17(15)20/h4-10,20H,11-12H2,1-3H3,(H,25,28)/t20-/m1/s1. The van der Waals surface area contributed by atoms with Gasteiger partial charge in [0.15, 0.2) is 9.84 Å². The quantitative estimate of drug-likeness (QED) is 0.502. The number of carbonyl (C=O) groups excluding carboxylic acids is 1. The van der Waals surface area contributed by atoms with Crippen molar-refractivity contribution in [2.24, 2.45) is 0 Å². The number of nitrogens with one attached hydrogen (secondary N) is 1. The molecule has 3 heterocycles. The van der Waals surface area contributed by atoms with E-state index >= 15 is 0 Å². The SMILES string of the molecule is Cc1nc2ccccc2c2c1c(C)nn2C(=O)N[C@@H]1COCc2cc(S(C)(=O)=O)ccc21. The van der Waals surface area contributed by atoms with Crippen molar-refractivity contribution < 1.29 is 17.9 Å². The number of hydrogen-bond acceptors (Lipinski definition) is 6. The Hall–Kier alpha value is -3.30. The summed E-state index contributed by atoms with van der Waals surface area (Å²) in [6.45, 7) is 4.36. The number of aryl methyl sites for hydroxylation is 2. The van der Waals surface area contributed by atoms with Crippen molar-refractivity contribution in [3.05, 3.63) is 65.0 Å². The van der Waals surface area contributed by atoms with Gasteiger partial charge in [0.2, 0.25) is 0 Å². The smallest absolute Gasteiger partial charge is 0.343 e. The molecule has 0 bridgehead atoms. The van der Waals surface area contributed by atoms with Crippen LogP contribution in [-0.2, 0) is 21.2 Å². The molecule has 32 heavy (non-hydrogen) atoms. The van der Waals surface area contributed by atoms with E-state index in [9.17, 15) is 13.2 Å². The maximum atomic E-state index is 13.3. The third-order valence-corrected chi connectivity index (χ3v) is 6.93. The van der Waals surface area contributed by atoms with Crippen molar-refractivity contribution in [1.29, 1.82) is 0 Å². The molecule has 0 saturated carbocycles. The second-order valence-corrected chi connectivity index (χ2v) is 10.1. The molecule has 1 atom stereocenters. The van der Waals surface area contributed by atoms with Gasteiger partial charge in [0.1, 0.15) is 0 Å². The third kappa shape index (κ3) is 3.34. The number of carbonyl (C=O) groups is 1. The van der Waals surface area contributed by atoms with Crippen molar-refractivity contribution in [2.75, 3.05) is 12.9 Å². The first-order valence-corrected chi connectivity index (χ1v) is 12.1. The number of nitrogens with zero attached hydrogens (tertiary/aromatic N) is 3. The van der Waals surface area contributed by atoms with Gasteiger partial charge in [-0.1, -0.05) is 24.3 Å². The van der Waals surface area contributed by atoms with E-state index in [2.05, 4.69) is 15.4 Å². The van der Waals surface area contributed by atoms with E-state index in [0.29, 0.717) is 12.1 Å². The summed E-state index contributed by atoms with van der Waals surface area (Å²) >= 11 is 0. The fourth-order valence-corrected chi connectivity index (χ4v) is 5.02. The Labute approximate surface area is 185 Å². The first kappa shape index (κ1) is 20.6. The molecule has 0 saturated heterocycles. The van der Waals surface area contributed by atoms with Gasteiger partial charge in [0.25, 0.3) is 0 Å². The normalized spacial score (nSPS) is 16.3. The molecule has 1 aliphatic rings. The Morgan fingerprint density at radius 1 is 1.16 bits per heavy atom. The zero-order valence-electron chi connectivity index (χ0n) is 17.9. The van der Waals surface area contributed by atoms with Gasteiger partial charge in [-0.05, 0) is 43.2 Å². The molecule has 1 N–H and O–H groups in total. The third-order valence-electron chi connectivity index (χ3n) is 5.82. The van der Waals surface area contributed by atoms with Crippen LogP contribution in [0.15, 0.2) is 47.4 Å². The fourth-order valence-electron chi connectivity index (χ4n) is 4.35. The number of ether oxygens (including phenoxy) is 1. The van der Waals surface area contributed by atoms with Gasteiger partial charge in [-0.25, -0.2) is 13.2 Å². The highest BCUT2D eigenvalue weighted by Gasteiger charge is 2.26. The number of hydrogen-bond donors (Lipinski definition) is 1. The van der Waals surface area contributed by atoms with E-state index in [4.69, 9.17) is 4.74 Å². The van der Waals surface area contributed by atoms with Crippen molar-refractivity contribution in [3.63, 3.8) is 0 Å². The minimum absolute atomic E-state index is 0.231. The lowest BCUT2D eigenvalue weighted by Gasteiger charge is -2.27. The van der Waals surface area contributed by atoms with Crippen LogP contribution in [0.2, 0.25) is 0 Å². The number of aromatic nitrogens is 3. The molecule has 0 aliphatic carbocycles. The Morgan fingerprint density at radius 3 is 2.72 bits per heavy atom. The molecule has 8 nitrogen and oxygen atoms in total. The molecular formula is C23H22N4O4S. The first-order chi connectivity index (χ1) is 15.2. The minimum Gasteiger partial charge on any atom is -0.374 e. The van der Waals surface area contributed by atoms with Gasteiger partial charge in [-0.2, -0.15) is 9.78 Å². The van der Waals surface area contributed by atoms with Crippen molar-refractivity contribution in [3.8, 4) is 0 Å². The van der Waals surface area contributed by atoms with Crippen LogP contribution in [-0.4, -0.2) is 42.1 Å². The van der Waals surface area contributed by atoms with Crippen molar-refractivity contribution >= 4 is 37.7 Å². The summed E-state index contributed by atoms with van der Waals surface area (Å²) in [5.74, 6) is 0. The fraction of sp³-hybridized carbons (Fsp3) is 0.261. The molecular weight excluding hydrogens is 428 g/mol. The average molecular weight is 451 g/mol. The second-order valence-electron chi connectivity index (χ2n) is 8.09. The van der Waals surface area contributed by atoms with Crippen LogP contribution in [0, 0.1) is 13.8 Å². The van der Waals surface area contributed by atoms with Gasteiger partial charge >= 0.3 is 6.03 Å². The highest BCUT2D eigenvalue weighted by molar-refractivity contribution is 7.90. The Balaban J connectivity index is 1.56. The molecule has 2 aromatic heterocycles. The number of benzene rings is 2. The van der Waals surface area contributed by atoms with E-state index in [-0.39, 0.29) is 17.5 Å². The second kappa shape index (κ2) is 7.39.